The third kappa shape index (κ3) is 3.93. The number of carbonyl (C=O) groups is 2. The van der Waals surface area contributed by atoms with Crippen molar-refractivity contribution in [3.05, 3.63) is 35.0 Å². The molecule has 1 saturated heterocycles. The van der Waals surface area contributed by atoms with E-state index >= 15 is 0 Å². The molecule has 0 radical (unpaired) electrons. The van der Waals surface area contributed by atoms with Gasteiger partial charge in [-0.2, -0.15) is 0 Å². The molecule has 0 aliphatic carbocycles. The second-order valence-corrected chi connectivity index (χ2v) is 6.41. The average Bonchev–Trinajstić information content (AvgIpc) is 3.16. The number of carbonyl (C=O) groups excluding carboxylic acids is 2. The van der Waals surface area contributed by atoms with Gasteiger partial charge in [0, 0.05) is 24.7 Å². The van der Waals surface area contributed by atoms with Crippen LogP contribution in [-0.2, 0) is 9.59 Å². The summed E-state index contributed by atoms with van der Waals surface area (Å²) < 4.78 is 4.97. The minimum atomic E-state index is -0.513. The van der Waals surface area contributed by atoms with E-state index in [4.69, 9.17) is 16.1 Å². The lowest BCUT2D eigenvalue weighted by Gasteiger charge is -2.19. The molecule has 1 aromatic heterocycles. The van der Waals surface area contributed by atoms with Crippen LogP contribution in [0, 0.1) is 6.92 Å². The zero-order chi connectivity index (χ0) is 18.0. The first-order chi connectivity index (χ1) is 11.9. The summed E-state index contributed by atoms with van der Waals surface area (Å²) in [4.78, 5) is 25.7. The van der Waals surface area contributed by atoms with E-state index in [9.17, 15) is 9.59 Å². The van der Waals surface area contributed by atoms with Crippen LogP contribution in [0.1, 0.15) is 25.5 Å². The molecule has 1 fully saturated rings. The maximum Gasteiger partial charge on any atom is 0.248 e. The molecule has 132 valence electrons. The number of halogens is 1. The van der Waals surface area contributed by atoms with Gasteiger partial charge in [-0.25, -0.2) is 0 Å². The summed E-state index contributed by atoms with van der Waals surface area (Å²) in [6.07, 6.45) is 1.39. The van der Waals surface area contributed by atoms with Crippen LogP contribution in [0.4, 0.5) is 17.3 Å². The van der Waals surface area contributed by atoms with Crippen LogP contribution in [0.25, 0.3) is 0 Å². The number of hydrogen-bond acceptors (Lipinski definition) is 5. The Morgan fingerprint density at radius 3 is 2.80 bits per heavy atom. The second-order valence-electron chi connectivity index (χ2n) is 6.00. The van der Waals surface area contributed by atoms with Gasteiger partial charge in [-0.05, 0) is 38.5 Å². The summed E-state index contributed by atoms with van der Waals surface area (Å²) in [5.74, 6) is 0.126. The van der Waals surface area contributed by atoms with Crippen LogP contribution in [0.2, 0.25) is 5.02 Å². The van der Waals surface area contributed by atoms with Crippen LogP contribution in [0.15, 0.2) is 28.8 Å². The highest BCUT2D eigenvalue weighted by molar-refractivity contribution is 6.34. The summed E-state index contributed by atoms with van der Waals surface area (Å²) in [7, 11) is 0. The van der Waals surface area contributed by atoms with Crippen molar-refractivity contribution >= 4 is 40.7 Å². The van der Waals surface area contributed by atoms with Gasteiger partial charge < -0.3 is 14.7 Å². The molecule has 2 aromatic rings. The molecule has 1 aliphatic rings. The molecule has 1 atom stereocenters. The number of aromatic nitrogens is 1. The van der Waals surface area contributed by atoms with E-state index in [0.29, 0.717) is 40.9 Å². The third-order valence-corrected chi connectivity index (χ3v) is 4.27. The second kappa shape index (κ2) is 7.14. The van der Waals surface area contributed by atoms with E-state index in [-0.39, 0.29) is 11.8 Å². The molecule has 0 saturated carbocycles. The van der Waals surface area contributed by atoms with E-state index in [1.54, 1.807) is 43.0 Å². The van der Waals surface area contributed by atoms with Gasteiger partial charge in [0.25, 0.3) is 0 Å². The average molecular weight is 363 g/mol. The van der Waals surface area contributed by atoms with Crippen molar-refractivity contribution in [1.82, 2.24) is 5.16 Å². The maximum atomic E-state index is 12.2. The number of rotatable bonds is 5. The standard InChI is InChI=1S/C17H19ClN4O3/c1-10-8-15(25-21-10)20-17(24)11(2)19-12-5-6-14(13(18)9-12)22-7-3-4-16(22)23/h5-6,8-9,11,19H,3-4,7H2,1-2H3,(H,20,24)/t11-/m1/s1. The molecule has 0 bridgehead atoms. The summed E-state index contributed by atoms with van der Waals surface area (Å²) in [6.45, 7) is 4.18. The Bertz CT molecular complexity index is 805. The number of aryl methyl sites for hydroxylation is 1. The molecule has 2 amide bonds. The monoisotopic (exact) mass is 362 g/mol. The van der Waals surface area contributed by atoms with E-state index < -0.39 is 6.04 Å². The lowest BCUT2D eigenvalue weighted by atomic mass is 10.2. The zero-order valence-electron chi connectivity index (χ0n) is 14.0. The van der Waals surface area contributed by atoms with Gasteiger partial charge in [0.15, 0.2) is 0 Å². The van der Waals surface area contributed by atoms with Gasteiger partial charge in [0.05, 0.1) is 16.4 Å². The molecule has 1 aromatic carbocycles. The highest BCUT2D eigenvalue weighted by Crippen LogP contribution is 2.31. The summed E-state index contributed by atoms with van der Waals surface area (Å²) in [6, 6.07) is 6.43. The van der Waals surface area contributed by atoms with Gasteiger partial charge in [0.2, 0.25) is 17.7 Å². The van der Waals surface area contributed by atoms with Crippen LogP contribution in [0.5, 0.6) is 0 Å². The minimum absolute atomic E-state index is 0.0812. The Balaban J connectivity index is 1.65. The lowest BCUT2D eigenvalue weighted by molar-refractivity contribution is -0.117. The van der Waals surface area contributed by atoms with Gasteiger partial charge in [0.1, 0.15) is 6.04 Å². The summed E-state index contributed by atoms with van der Waals surface area (Å²) >= 11 is 6.31. The molecule has 1 aliphatic heterocycles. The number of nitrogens with zero attached hydrogens (tertiary/aromatic N) is 2. The van der Waals surface area contributed by atoms with Crippen molar-refractivity contribution in [1.29, 1.82) is 0 Å². The molecular formula is C17H19ClN4O3. The normalized spacial score (nSPS) is 15.3. The Labute approximate surface area is 150 Å². The molecule has 3 rings (SSSR count). The Morgan fingerprint density at radius 2 is 2.20 bits per heavy atom. The third-order valence-electron chi connectivity index (χ3n) is 3.96. The predicted molar refractivity (Wildman–Crippen MR) is 96.0 cm³/mol. The number of amides is 2. The zero-order valence-corrected chi connectivity index (χ0v) is 14.8. The molecule has 25 heavy (non-hydrogen) atoms. The quantitative estimate of drug-likeness (QED) is 0.852. The number of benzene rings is 1. The van der Waals surface area contributed by atoms with Crippen molar-refractivity contribution in [3.8, 4) is 0 Å². The highest BCUT2D eigenvalue weighted by atomic mass is 35.5. The van der Waals surface area contributed by atoms with E-state index in [1.165, 1.54) is 0 Å². The summed E-state index contributed by atoms with van der Waals surface area (Å²) in [5, 5.41) is 9.91. The van der Waals surface area contributed by atoms with Gasteiger partial charge in [-0.15, -0.1) is 0 Å². The van der Waals surface area contributed by atoms with Gasteiger partial charge in [-0.3, -0.25) is 14.9 Å². The largest absolute Gasteiger partial charge is 0.374 e. The number of hydrogen-bond donors (Lipinski definition) is 2. The molecule has 0 unspecified atom stereocenters. The fraction of sp³-hybridized carbons (Fsp3) is 0.353. The van der Waals surface area contributed by atoms with Gasteiger partial charge >= 0.3 is 0 Å². The van der Waals surface area contributed by atoms with E-state index in [2.05, 4.69) is 15.8 Å². The van der Waals surface area contributed by atoms with Crippen LogP contribution >= 0.6 is 11.6 Å². The first kappa shape index (κ1) is 17.3. The van der Waals surface area contributed by atoms with Crippen molar-refractivity contribution < 1.29 is 14.1 Å². The molecule has 7 nitrogen and oxygen atoms in total. The Kier molecular flexibility index (Phi) is 4.94. The minimum Gasteiger partial charge on any atom is -0.374 e. The number of nitrogens with one attached hydrogen (secondary N) is 2. The maximum absolute atomic E-state index is 12.2. The van der Waals surface area contributed by atoms with E-state index in [1.807, 2.05) is 0 Å². The van der Waals surface area contributed by atoms with Crippen molar-refractivity contribution in [3.63, 3.8) is 0 Å². The molecule has 8 heteroatoms. The van der Waals surface area contributed by atoms with Gasteiger partial charge in [-0.1, -0.05) is 16.8 Å². The summed E-state index contributed by atoms with van der Waals surface area (Å²) in [5.41, 5.74) is 2.08. The molecule has 2 N–H and O–H groups in total. The molecular weight excluding hydrogens is 344 g/mol. The van der Waals surface area contributed by atoms with E-state index in [0.717, 1.165) is 6.42 Å². The predicted octanol–water partition coefficient (Wildman–Crippen LogP) is 3.20. The SMILES string of the molecule is Cc1cc(NC(=O)[C@@H](C)Nc2ccc(N3CCCC3=O)c(Cl)c2)on1. The van der Waals surface area contributed by atoms with Crippen LogP contribution in [-0.4, -0.2) is 29.6 Å². The number of anilines is 3. The Morgan fingerprint density at radius 1 is 1.40 bits per heavy atom. The Hall–Kier alpha value is -2.54. The topological polar surface area (TPSA) is 87.5 Å². The first-order valence-electron chi connectivity index (χ1n) is 8.04. The van der Waals surface area contributed by atoms with Crippen LogP contribution in [0.3, 0.4) is 0 Å². The molecule has 2 heterocycles. The first-order valence-corrected chi connectivity index (χ1v) is 8.42. The van der Waals surface area contributed by atoms with Crippen molar-refractivity contribution in [2.45, 2.75) is 32.7 Å². The fourth-order valence-electron chi connectivity index (χ4n) is 2.69. The van der Waals surface area contributed by atoms with Crippen LogP contribution < -0.4 is 15.5 Å². The molecule has 0 spiro atoms. The van der Waals surface area contributed by atoms with Crippen molar-refractivity contribution in [2.24, 2.45) is 0 Å². The smallest absolute Gasteiger partial charge is 0.248 e. The van der Waals surface area contributed by atoms with Crippen molar-refractivity contribution in [2.75, 3.05) is 22.1 Å². The lowest BCUT2D eigenvalue weighted by Crippen LogP contribution is -2.31. The fourth-order valence-corrected chi connectivity index (χ4v) is 2.97. The highest BCUT2D eigenvalue weighted by Gasteiger charge is 2.24.